The van der Waals surface area contributed by atoms with Gasteiger partial charge in [-0.2, -0.15) is 0 Å². The number of carbonyl (C=O) groups is 1. The van der Waals surface area contributed by atoms with Gasteiger partial charge in [0, 0.05) is 85.1 Å². The van der Waals surface area contributed by atoms with Gasteiger partial charge in [0.15, 0.2) is 46.1 Å². The number of hydrogen-bond acceptors (Lipinski definition) is 13. The third-order valence-electron chi connectivity index (χ3n) is 12.0. The summed E-state index contributed by atoms with van der Waals surface area (Å²) in [4.78, 5) is 21.7. The van der Waals surface area contributed by atoms with Gasteiger partial charge in [-0.15, -0.1) is 24.8 Å². The number of piperazine rings is 2. The molecule has 70 heavy (non-hydrogen) atoms. The maximum absolute atomic E-state index is 13.6. The first-order valence-electron chi connectivity index (χ1n) is 23.5. The van der Waals surface area contributed by atoms with Crippen molar-refractivity contribution in [1.29, 1.82) is 0 Å². The van der Waals surface area contributed by atoms with Gasteiger partial charge in [-0.3, -0.25) is 14.6 Å². The van der Waals surface area contributed by atoms with Gasteiger partial charge in [-0.1, -0.05) is 24.3 Å². The largest absolute Gasteiger partial charge is 0.493 e. The number of nitrogens with zero attached hydrogens (tertiary/aromatic N) is 4. The molecule has 0 saturated carbocycles. The molecular formula is C52H74Cl2F2N4O10. The minimum absolute atomic E-state index is 0. The van der Waals surface area contributed by atoms with Crippen LogP contribution in [0.3, 0.4) is 0 Å². The van der Waals surface area contributed by atoms with E-state index in [1.54, 1.807) is 79.1 Å². The molecule has 3 fully saturated rings. The Balaban J connectivity index is 0.000000327. The summed E-state index contributed by atoms with van der Waals surface area (Å²) in [5.74, 6) is 3.80. The van der Waals surface area contributed by atoms with Crippen molar-refractivity contribution in [2.24, 2.45) is 0 Å². The second-order valence-electron chi connectivity index (χ2n) is 16.5. The van der Waals surface area contributed by atoms with Crippen LogP contribution in [0.2, 0.25) is 0 Å². The molecule has 0 radical (unpaired) electrons. The Kier molecular flexibility index (Phi) is 27.8. The molecule has 0 spiro atoms. The van der Waals surface area contributed by atoms with Crippen molar-refractivity contribution in [3.63, 3.8) is 0 Å². The summed E-state index contributed by atoms with van der Waals surface area (Å²) in [7, 11) is 9.62. The molecule has 4 aromatic carbocycles. The quantitative estimate of drug-likeness (QED) is 0.0802. The average molecular weight is 1020 g/mol. The molecule has 0 aromatic heterocycles. The number of rotatable bonds is 21. The van der Waals surface area contributed by atoms with Crippen LogP contribution in [-0.2, 0) is 22.4 Å². The van der Waals surface area contributed by atoms with Crippen LogP contribution in [-0.4, -0.2) is 167 Å². The van der Waals surface area contributed by atoms with E-state index in [2.05, 4.69) is 14.7 Å². The molecule has 3 aliphatic heterocycles. The Morgan fingerprint density at radius 2 is 0.900 bits per heavy atom. The topological polar surface area (TPSA) is 113 Å². The summed E-state index contributed by atoms with van der Waals surface area (Å²) in [6.45, 7) is 12.5. The van der Waals surface area contributed by atoms with Crippen molar-refractivity contribution in [2.75, 3.05) is 141 Å². The predicted molar refractivity (Wildman–Crippen MR) is 273 cm³/mol. The van der Waals surface area contributed by atoms with Crippen LogP contribution < -0.4 is 37.9 Å². The maximum Gasteiger partial charge on any atom is 0.222 e. The molecule has 1 amide bonds. The van der Waals surface area contributed by atoms with E-state index in [1.807, 2.05) is 29.2 Å². The van der Waals surface area contributed by atoms with Crippen LogP contribution >= 0.6 is 24.8 Å². The summed E-state index contributed by atoms with van der Waals surface area (Å²) >= 11 is 0. The number of methoxy groups -OCH3 is 6. The number of ether oxygens (including phenoxy) is 9. The van der Waals surface area contributed by atoms with Gasteiger partial charge < -0.3 is 52.4 Å². The molecule has 0 aliphatic carbocycles. The lowest BCUT2D eigenvalue weighted by Gasteiger charge is -2.34. The third-order valence-corrected chi connectivity index (χ3v) is 12.0. The minimum Gasteiger partial charge on any atom is -0.493 e. The van der Waals surface area contributed by atoms with Crippen molar-refractivity contribution < 1.29 is 56.2 Å². The van der Waals surface area contributed by atoms with E-state index in [0.29, 0.717) is 85.9 Å². The minimum atomic E-state index is -0.352. The normalized spacial score (nSPS) is 14.8. The van der Waals surface area contributed by atoms with E-state index < -0.39 is 0 Å². The van der Waals surface area contributed by atoms with Gasteiger partial charge in [0.2, 0.25) is 17.4 Å². The molecule has 3 saturated heterocycles. The lowest BCUT2D eigenvalue weighted by atomic mass is 10.1. The van der Waals surface area contributed by atoms with Gasteiger partial charge in [-0.05, 0) is 98.3 Å². The van der Waals surface area contributed by atoms with Crippen LogP contribution in [0.4, 0.5) is 8.78 Å². The Hall–Kier alpha value is -4.97. The zero-order chi connectivity index (χ0) is 48.5. The van der Waals surface area contributed by atoms with E-state index in [9.17, 15) is 13.6 Å². The van der Waals surface area contributed by atoms with Gasteiger partial charge in [-0.25, -0.2) is 8.78 Å². The van der Waals surface area contributed by atoms with E-state index >= 15 is 0 Å². The van der Waals surface area contributed by atoms with Crippen LogP contribution in [0.25, 0.3) is 0 Å². The molecule has 3 aliphatic rings. The first-order chi connectivity index (χ1) is 33.2. The zero-order valence-electron chi connectivity index (χ0n) is 41.7. The predicted octanol–water partition coefficient (Wildman–Crippen LogP) is 8.13. The summed E-state index contributed by atoms with van der Waals surface area (Å²) in [5.41, 5.74) is 2.13. The lowest BCUT2D eigenvalue weighted by Crippen LogP contribution is -2.49. The van der Waals surface area contributed by atoms with E-state index in [-0.39, 0.29) is 48.1 Å². The highest BCUT2D eigenvalue weighted by molar-refractivity contribution is 5.85. The smallest absolute Gasteiger partial charge is 0.222 e. The number of halogens is 4. The van der Waals surface area contributed by atoms with Gasteiger partial charge in [0.05, 0.1) is 42.7 Å². The summed E-state index contributed by atoms with van der Waals surface area (Å²) in [5, 5.41) is 0. The Bertz CT molecular complexity index is 2050. The van der Waals surface area contributed by atoms with Crippen LogP contribution in [0.1, 0.15) is 36.8 Å². The van der Waals surface area contributed by atoms with Crippen LogP contribution in [0.5, 0.6) is 46.0 Å². The standard InChI is InChI=1S/C24H31FN2O5.C24H33FN2O4.C4H8O.2ClH/c1-29-21-16-18(17-22(30-2)24(21)31-3)8-9-23(28)27-12-10-26(11-13-27)14-15-32-20-7-5-4-6-19(20)25;1-28-22-17-19(18-23(29-2)24(22)30-3)7-6-10-26-11-13-27(14-12-26)15-16-31-21-9-5-4-8-20(21)25;1-2-4-5-3-1;;/h4-7,16-17H,8-15H2,1-3H3;4-5,8-9,17-18H,6-7,10-16H2,1-3H3;1-4H2;2*1H. The second kappa shape index (κ2) is 32.8. The molecule has 4 aromatic rings. The molecule has 0 N–H and O–H groups in total. The van der Waals surface area contributed by atoms with E-state index in [0.717, 1.165) is 84.0 Å². The van der Waals surface area contributed by atoms with Crippen molar-refractivity contribution in [3.05, 3.63) is 95.6 Å². The molecule has 14 nitrogen and oxygen atoms in total. The third kappa shape index (κ3) is 19.0. The van der Waals surface area contributed by atoms with Crippen molar-refractivity contribution in [1.82, 2.24) is 19.6 Å². The molecule has 3 heterocycles. The number of carbonyl (C=O) groups excluding carboxylic acids is 1. The monoisotopic (exact) mass is 1020 g/mol. The molecule has 0 bridgehead atoms. The molecular weight excluding hydrogens is 949 g/mol. The number of aryl methyl sites for hydroxylation is 2. The number of para-hydroxylation sites is 2. The SMILES string of the molecule is C1CCOC1.COc1cc(CCC(=O)N2CCN(CCOc3ccccc3F)CC2)cc(OC)c1OC.COc1cc(CCCN2CCN(CCOc3ccccc3F)CC2)cc(OC)c1OC.Cl.Cl. The average Bonchev–Trinajstić information content (AvgIpc) is 3.98. The zero-order valence-corrected chi connectivity index (χ0v) is 43.4. The summed E-state index contributed by atoms with van der Waals surface area (Å²) in [6.07, 6.45) is 5.57. The Morgan fingerprint density at radius 1 is 0.514 bits per heavy atom. The summed E-state index contributed by atoms with van der Waals surface area (Å²) in [6, 6.07) is 20.7. The maximum atomic E-state index is 13.6. The Morgan fingerprint density at radius 3 is 1.27 bits per heavy atom. The van der Waals surface area contributed by atoms with Crippen molar-refractivity contribution in [2.45, 2.75) is 38.5 Å². The number of amides is 1. The van der Waals surface area contributed by atoms with Crippen LogP contribution in [0, 0.1) is 11.6 Å². The molecule has 0 unspecified atom stereocenters. The van der Waals surface area contributed by atoms with E-state index in [1.165, 1.54) is 30.5 Å². The van der Waals surface area contributed by atoms with Gasteiger partial charge >= 0.3 is 0 Å². The van der Waals surface area contributed by atoms with Crippen LogP contribution in [0.15, 0.2) is 72.8 Å². The lowest BCUT2D eigenvalue weighted by molar-refractivity contribution is -0.132. The number of benzene rings is 4. The highest BCUT2D eigenvalue weighted by Crippen LogP contribution is 2.39. The molecule has 18 heteroatoms. The van der Waals surface area contributed by atoms with Crippen molar-refractivity contribution in [3.8, 4) is 46.0 Å². The highest BCUT2D eigenvalue weighted by atomic mass is 35.5. The Labute approximate surface area is 426 Å². The van der Waals surface area contributed by atoms with Crippen molar-refractivity contribution >= 4 is 30.7 Å². The highest BCUT2D eigenvalue weighted by Gasteiger charge is 2.22. The molecule has 7 rings (SSSR count). The van der Waals surface area contributed by atoms with E-state index in [4.69, 9.17) is 42.6 Å². The van der Waals surface area contributed by atoms with Gasteiger partial charge in [0.25, 0.3) is 0 Å². The fourth-order valence-electron chi connectivity index (χ4n) is 8.14. The van der Waals surface area contributed by atoms with Gasteiger partial charge in [0.1, 0.15) is 13.2 Å². The second-order valence-corrected chi connectivity index (χ2v) is 16.5. The fourth-order valence-corrected chi connectivity index (χ4v) is 8.14. The first kappa shape index (κ1) is 59.3. The summed E-state index contributed by atoms with van der Waals surface area (Å²) < 4.78 is 75.7. The fraction of sp³-hybridized carbons (Fsp3) is 0.519. The number of hydrogen-bond donors (Lipinski definition) is 0. The molecule has 390 valence electrons. The first-order valence-corrected chi connectivity index (χ1v) is 23.5. The molecule has 0 atom stereocenters.